The normalized spacial score (nSPS) is 17.5. The fraction of sp³-hybridized carbons (Fsp3) is 0.667. The second-order valence-corrected chi connectivity index (χ2v) is 4.55. The third kappa shape index (κ3) is 3.18. The minimum atomic E-state index is 0.564. The van der Waals surface area contributed by atoms with Gasteiger partial charge in [-0.1, -0.05) is 19.8 Å². The number of hydrogen-bond acceptors (Lipinski definition) is 3. The summed E-state index contributed by atoms with van der Waals surface area (Å²) in [6.45, 7) is 4.27. The Bertz CT molecular complexity index is 320. The second kappa shape index (κ2) is 4.60. The fourth-order valence-electron chi connectivity index (χ4n) is 1.83. The van der Waals surface area contributed by atoms with Crippen LogP contribution in [0.2, 0.25) is 0 Å². The van der Waals surface area contributed by atoms with Crippen molar-refractivity contribution in [3.8, 4) is 0 Å². The number of aryl methyl sites for hydroxylation is 1. The predicted octanol–water partition coefficient (Wildman–Crippen LogP) is 2.78. The molecular weight excluding hydrogens is 186 g/mol. The van der Waals surface area contributed by atoms with Crippen molar-refractivity contribution in [1.29, 1.82) is 0 Å². The summed E-state index contributed by atoms with van der Waals surface area (Å²) < 4.78 is 0. The summed E-state index contributed by atoms with van der Waals surface area (Å²) in [6, 6.07) is 2.62. The first kappa shape index (κ1) is 10.4. The molecule has 82 valence electrons. The Labute approximate surface area is 91.3 Å². The molecule has 0 amide bonds. The maximum absolute atomic E-state index is 4.09. The fourth-order valence-corrected chi connectivity index (χ4v) is 1.83. The molecule has 1 aromatic heterocycles. The van der Waals surface area contributed by atoms with Gasteiger partial charge in [-0.05, 0) is 37.3 Å². The van der Waals surface area contributed by atoms with Gasteiger partial charge in [-0.15, -0.1) is 5.10 Å². The molecule has 0 aliphatic heterocycles. The Morgan fingerprint density at radius 1 is 1.53 bits per heavy atom. The van der Waals surface area contributed by atoms with Crippen molar-refractivity contribution < 1.29 is 0 Å². The molecule has 0 bridgehead atoms. The van der Waals surface area contributed by atoms with E-state index in [4.69, 9.17) is 0 Å². The summed E-state index contributed by atoms with van der Waals surface area (Å²) in [5.41, 5.74) is 1.16. The van der Waals surface area contributed by atoms with Crippen LogP contribution in [0.15, 0.2) is 12.3 Å². The summed E-state index contributed by atoms with van der Waals surface area (Å²) in [7, 11) is 0. The Kier molecular flexibility index (Phi) is 3.19. The molecule has 1 atom stereocenters. The van der Waals surface area contributed by atoms with Gasteiger partial charge in [-0.25, -0.2) is 0 Å². The van der Waals surface area contributed by atoms with Gasteiger partial charge in [0.2, 0.25) is 0 Å². The quantitative estimate of drug-likeness (QED) is 0.803. The smallest absolute Gasteiger partial charge is 0.149 e. The molecule has 1 heterocycles. The monoisotopic (exact) mass is 205 g/mol. The lowest BCUT2D eigenvalue weighted by Crippen LogP contribution is -2.20. The van der Waals surface area contributed by atoms with Crippen LogP contribution in [0, 0.1) is 12.8 Å². The Hall–Kier alpha value is -1.12. The van der Waals surface area contributed by atoms with E-state index >= 15 is 0 Å². The van der Waals surface area contributed by atoms with Crippen LogP contribution in [-0.2, 0) is 0 Å². The molecule has 1 aliphatic rings. The Morgan fingerprint density at radius 3 is 2.93 bits per heavy atom. The van der Waals surface area contributed by atoms with E-state index in [-0.39, 0.29) is 0 Å². The number of rotatable bonds is 5. The van der Waals surface area contributed by atoms with Gasteiger partial charge in [0.1, 0.15) is 5.82 Å². The lowest BCUT2D eigenvalue weighted by molar-refractivity contribution is 0.584. The van der Waals surface area contributed by atoms with E-state index in [9.17, 15) is 0 Å². The van der Waals surface area contributed by atoms with E-state index in [1.807, 2.05) is 6.92 Å². The predicted molar refractivity (Wildman–Crippen MR) is 61.8 cm³/mol. The van der Waals surface area contributed by atoms with Crippen LogP contribution >= 0.6 is 0 Å². The minimum Gasteiger partial charge on any atom is -0.366 e. The molecule has 1 N–H and O–H groups in total. The number of nitrogens with one attached hydrogen (secondary N) is 1. The zero-order valence-corrected chi connectivity index (χ0v) is 9.53. The highest BCUT2D eigenvalue weighted by molar-refractivity contribution is 5.36. The van der Waals surface area contributed by atoms with Crippen molar-refractivity contribution in [3.05, 3.63) is 17.8 Å². The Balaban J connectivity index is 1.92. The molecule has 3 nitrogen and oxygen atoms in total. The average molecular weight is 205 g/mol. The summed E-state index contributed by atoms with van der Waals surface area (Å²) in [5, 5.41) is 11.5. The van der Waals surface area contributed by atoms with Gasteiger partial charge in [-0.2, -0.15) is 5.10 Å². The van der Waals surface area contributed by atoms with E-state index in [1.54, 1.807) is 6.20 Å². The third-order valence-electron chi connectivity index (χ3n) is 2.95. The lowest BCUT2D eigenvalue weighted by atomic mass is 10.1. The van der Waals surface area contributed by atoms with Gasteiger partial charge in [0.05, 0.1) is 6.20 Å². The minimum absolute atomic E-state index is 0.564. The van der Waals surface area contributed by atoms with Crippen LogP contribution in [0.4, 0.5) is 5.82 Å². The van der Waals surface area contributed by atoms with E-state index in [0.29, 0.717) is 6.04 Å². The van der Waals surface area contributed by atoms with Crippen molar-refractivity contribution in [2.75, 3.05) is 5.32 Å². The van der Waals surface area contributed by atoms with E-state index in [0.717, 1.165) is 23.7 Å². The van der Waals surface area contributed by atoms with Gasteiger partial charge in [-0.3, -0.25) is 0 Å². The molecule has 0 spiro atoms. The largest absolute Gasteiger partial charge is 0.366 e. The molecule has 0 aromatic carbocycles. The van der Waals surface area contributed by atoms with E-state index < -0.39 is 0 Å². The second-order valence-electron chi connectivity index (χ2n) is 4.55. The maximum atomic E-state index is 4.09. The molecular formula is C12H19N3. The summed E-state index contributed by atoms with van der Waals surface area (Å²) >= 11 is 0. The van der Waals surface area contributed by atoms with E-state index in [1.165, 1.54) is 19.3 Å². The average Bonchev–Trinajstić information content (AvgIpc) is 3.01. The summed E-state index contributed by atoms with van der Waals surface area (Å²) in [4.78, 5) is 0. The van der Waals surface area contributed by atoms with Crippen LogP contribution in [0.3, 0.4) is 0 Å². The van der Waals surface area contributed by atoms with Gasteiger partial charge in [0, 0.05) is 6.04 Å². The lowest BCUT2D eigenvalue weighted by Gasteiger charge is -2.16. The van der Waals surface area contributed by atoms with Crippen molar-refractivity contribution >= 4 is 5.82 Å². The molecule has 2 rings (SSSR count). The summed E-state index contributed by atoms with van der Waals surface area (Å²) in [5.74, 6) is 1.88. The molecule has 1 fully saturated rings. The molecule has 0 saturated heterocycles. The number of nitrogens with zero attached hydrogens (tertiary/aromatic N) is 2. The highest BCUT2D eigenvalue weighted by Crippen LogP contribution is 2.34. The number of hydrogen-bond donors (Lipinski definition) is 1. The zero-order chi connectivity index (χ0) is 10.7. The van der Waals surface area contributed by atoms with Crippen molar-refractivity contribution in [2.45, 2.75) is 45.6 Å². The van der Waals surface area contributed by atoms with Gasteiger partial charge in [0.15, 0.2) is 0 Å². The maximum Gasteiger partial charge on any atom is 0.149 e. The first-order valence-corrected chi connectivity index (χ1v) is 5.83. The Morgan fingerprint density at radius 2 is 2.33 bits per heavy atom. The van der Waals surface area contributed by atoms with Gasteiger partial charge < -0.3 is 5.32 Å². The van der Waals surface area contributed by atoms with E-state index in [2.05, 4.69) is 28.5 Å². The van der Waals surface area contributed by atoms with Crippen LogP contribution < -0.4 is 5.32 Å². The first-order valence-electron chi connectivity index (χ1n) is 5.83. The third-order valence-corrected chi connectivity index (χ3v) is 2.95. The highest BCUT2D eigenvalue weighted by Gasteiger charge is 2.24. The molecule has 1 saturated carbocycles. The SMILES string of the molecule is CCC(CC1CC1)Nc1cc(C)cnn1. The van der Waals surface area contributed by atoms with Gasteiger partial charge in [0.25, 0.3) is 0 Å². The number of aromatic nitrogens is 2. The van der Waals surface area contributed by atoms with Crippen LogP contribution in [0.25, 0.3) is 0 Å². The molecule has 3 heteroatoms. The topological polar surface area (TPSA) is 37.8 Å². The van der Waals surface area contributed by atoms with Crippen molar-refractivity contribution in [2.24, 2.45) is 5.92 Å². The zero-order valence-electron chi connectivity index (χ0n) is 9.53. The van der Waals surface area contributed by atoms with Crippen molar-refractivity contribution in [3.63, 3.8) is 0 Å². The molecule has 1 aromatic rings. The van der Waals surface area contributed by atoms with Gasteiger partial charge >= 0.3 is 0 Å². The highest BCUT2D eigenvalue weighted by atomic mass is 15.2. The standard InChI is InChI=1S/C12H19N3/c1-3-11(7-10-4-5-10)14-12-6-9(2)8-13-15-12/h6,8,10-11H,3-5,7H2,1-2H3,(H,14,15). The van der Waals surface area contributed by atoms with Crippen LogP contribution in [-0.4, -0.2) is 16.2 Å². The van der Waals surface area contributed by atoms with Crippen LogP contribution in [0.5, 0.6) is 0 Å². The molecule has 0 radical (unpaired) electrons. The van der Waals surface area contributed by atoms with Crippen molar-refractivity contribution in [1.82, 2.24) is 10.2 Å². The van der Waals surface area contributed by atoms with Crippen LogP contribution in [0.1, 0.15) is 38.2 Å². The molecule has 15 heavy (non-hydrogen) atoms. The summed E-state index contributed by atoms with van der Waals surface area (Å²) in [6.07, 6.45) is 7.06. The number of anilines is 1. The molecule has 1 unspecified atom stereocenters. The molecule has 1 aliphatic carbocycles. The first-order chi connectivity index (χ1) is 7.28.